The lowest BCUT2D eigenvalue weighted by Gasteiger charge is -2.35. The van der Waals surface area contributed by atoms with Gasteiger partial charge in [-0.3, -0.25) is 0 Å². The number of nitrogens with two attached hydrogens (primary N) is 1. The lowest BCUT2D eigenvalue weighted by molar-refractivity contribution is 0.379. The molecule has 5 rings (SSSR count). The summed E-state index contributed by atoms with van der Waals surface area (Å²) < 4.78 is 42.0. The van der Waals surface area contributed by atoms with Crippen LogP contribution < -0.4 is 10.6 Å². The number of anilines is 2. The molecule has 32 heavy (non-hydrogen) atoms. The van der Waals surface area contributed by atoms with Crippen LogP contribution in [0.4, 0.5) is 16.2 Å². The van der Waals surface area contributed by atoms with E-state index in [1.165, 1.54) is 44.1 Å². The fourth-order valence-electron chi connectivity index (χ4n) is 3.88. The van der Waals surface area contributed by atoms with E-state index >= 15 is 0 Å². The fourth-order valence-corrected chi connectivity index (χ4v) is 6.29. The van der Waals surface area contributed by atoms with Gasteiger partial charge < -0.3 is 10.6 Å². The summed E-state index contributed by atoms with van der Waals surface area (Å²) in [5.41, 5.74) is 7.71. The highest BCUT2D eigenvalue weighted by molar-refractivity contribution is 7.87. The van der Waals surface area contributed by atoms with Crippen molar-refractivity contribution < 1.29 is 12.8 Å². The average Bonchev–Trinajstić information content (AvgIpc) is 3.40. The fraction of sp³-hybridized carbons (Fsp3) is 0.250. The summed E-state index contributed by atoms with van der Waals surface area (Å²) in [5, 5.41) is 2.79. The number of piperazine rings is 1. The smallest absolute Gasteiger partial charge is 0.309 e. The third-order valence-electron chi connectivity index (χ3n) is 5.48. The second-order valence-corrected chi connectivity index (χ2v) is 10.1. The number of imidazole rings is 1. The molecule has 1 fully saturated rings. The Labute approximate surface area is 188 Å². The summed E-state index contributed by atoms with van der Waals surface area (Å²) in [6, 6.07) is 6.26. The minimum atomic E-state index is -3.68. The van der Waals surface area contributed by atoms with E-state index < -0.39 is 10.2 Å². The molecule has 1 aliphatic heterocycles. The number of aryl methyl sites for hydroxylation is 1. The molecule has 1 aromatic carbocycles. The molecular formula is C20H20FN7O2S2. The molecule has 0 radical (unpaired) electrons. The summed E-state index contributed by atoms with van der Waals surface area (Å²) >= 11 is 1.44. The Morgan fingerprint density at radius 1 is 1.09 bits per heavy atom. The molecule has 4 heterocycles. The molecule has 9 nitrogen and oxygen atoms in total. The minimum absolute atomic E-state index is 0.157. The molecule has 4 aromatic rings. The van der Waals surface area contributed by atoms with Gasteiger partial charge in [0, 0.05) is 49.5 Å². The Bertz CT molecular complexity index is 1390. The predicted molar refractivity (Wildman–Crippen MR) is 122 cm³/mol. The van der Waals surface area contributed by atoms with Crippen molar-refractivity contribution in [1.29, 1.82) is 0 Å². The first-order valence-corrected chi connectivity index (χ1v) is 12.2. The minimum Gasteiger partial charge on any atom is -0.368 e. The highest BCUT2D eigenvalue weighted by atomic mass is 32.2. The largest absolute Gasteiger partial charge is 0.368 e. The van der Waals surface area contributed by atoms with Gasteiger partial charge in [-0.2, -0.15) is 17.7 Å². The van der Waals surface area contributed by atoms with E-state index in [0.717, 1.165) is 21.3 Å². The molecule has 12 heteroatoms. The van der Waals surface area contributed by atoms with Crippen LogP contribution in [0.15, 0.2) is 42.0 Å². The highest BCUT2D eigenvalue weighted by Gasteiger charge is 2.31. The molecule has 2 N–H and O–H groups in total. The topological polar surface area (TPSA) is 110 Å². The zero-order valence-corrected chi connectivity index (χ0v) is 18.8. The van der Waals surface area contributed by atoms with Gasteiger partial charge >= 0.3 is 10.2 Å². The lowest BCUT2D eigenvalue weighted by atomic mass is 10.1. The van der Waals surface area contributed by atoms with Crippen molar-refractivity contribution in [1.82, 2.24) is 23.2 Å². The van der Waals surface area contributed by atoms with E-state index in [9.17, 15) is 12.8 Å². The van der Waals surface area contributed by atoms with Crippen LogP contribution in [0.25, 0.3) is 21.3 Å². The molecule has 0 aliphatic carbocycles. The molecule has 1 aliphatic rings. The molecule has 0 saturated carbocycles. The van der Waals surface area contributed by atoms with Crippen LogP contribution in [0.5, 0.6) is 0 Å². The van der Waals surface area contributed by atoms with Crippen LogP contribution in [-0.2, 0) is 10.2 Å². The maximum Gasteiger partial charge on any atom is 0.309 e. The summed E-state index contributed by atoms with van der Waals surface area (Å²) in [6.07, 6.45) is 2.92. The predicted octanol–water partition coefficient (Wildman–Crippen LogP) is 2.50. The van der Waals surface area contributed by atoms with Crippen LogP contribution in [-0.4, -0.2) is 57.8 Å². The molecule has 0 atom stereocenters. The zero-order valence-electron chi connectivity index (χ0n) is 17.1. The molecule has 0 bridgehead atoms. The molecule has 0 unspecified atom stereocenters. The van der Waals surface area contributed by atoms with Gasteiger partial charge in [-0.25, -0.2) is 18.3 Å². The van der Waals surface area contributed by atoms with Gasteiger partial charge in [0.2, 0.25) is 5.95 Å². The number of hydrogen-bond acceptors (Lipinski definition) is 8. The third kappa shape index (κ3) is 3.49. The highest BCUT2D eigenvalue weighted by Crippen LogP contribution is 2.39. The number of rotatable bonds is 4. The van der Waals surface area contributed by atoms with Crippen molar-refractivity contribution in [2.24, 2.45) is 0 Å². The quantitative estimate of drug-likeness (QED) is 0.485. The van der Waals surface area contributed by atoms with Crippen LogP contribution in [0.3, 0.4) is 0 Å². The van der Waals surface area contributed by atoms with Crippen LogP contribution in [0, 0.1) is 12.7 Å². The van der Waals surface area contributed by atoms with Crippen molar-refractivity contribution in [2.45, 2.75) is 6.92 Å². The van der Waals surface area contributed by atoms with Crippen molar-refractivity contribution in [3.8, 4) is 11.1 Å². The number of halogens is 1. The molecule has 166 valence electrons. The first kappa shape index (κ1) is 20.8. The van der Waals surface area contributed by atoms with Gasteiger partial charge in [-0.15, -0.1) is 11.3 Å². The first-order valence-electron chi connectivity index (χ1n) is 9.91. The normalized spacial score (nSPS) is 15.5. The van der Waals surface area contributed by atoms with E-state index in [1.807, 2.05) is 10.3 Å². The van der Waals surface area contributed by atoms with Crippen molar-refractivity contribution in [3.05, 3.63) is 53.7 Å². The van der Waals surface area contributed by atoms with Crippen LogP contribution >= 0.6 is 11.3 Å². The Morgan fingerprint density at radius 2 is 1.81 bits per heavy atom. The maximum atomic E-state index is 13.4. The Kier molecular flexibility index (Phi) is 5.07. The SMILES string of the molecule is Cc1nccn1S(=O)(=O)N1CCN(c2nc(N)nc3scc(-c4ccc(F)cc4)c23)CC1. The summed E-state index contributed by atoms with van der Waals surface area (Å²) in [4.78, 5) is 15.6. The van der Waals surface area contributed by atoms with Gasteiger partial charge in [0.25, 0.3) is 0 Å². The van der Waals surface area contributed by atoms with Gasteiger partial charge in [-0.1, -0.05) is 12.1 Å². The zero-order chi connectivity index (χ0) is 22.5. The second kappa shape index (κ2) is 7.80. The number of nitrogens with zero attached hydrogens (tertiary/aromatic N) is 6. The van der Waals surface area contributed by atoms with Gasteiger partial charge in [0.05, 0.1) is 5.39 Å². The van der Waals surface area contributed by atoms with Gasteiger partial charge in [0.1, 0.15) is 22.3 Å². The summed E-state index contributed by atoms with van der Waals surface area (Å²) in [7, 11) is -3.68. The lowest BCUT2D eigenvalue weighted by Crippen LogP contribution is -2.50. The Morgan fingerprint density at radius 3 is 2.47 bits per heavy atom. The number of fused-ring (bicyclic) bond motifs is 1. The van der Waals surface area contributed by atoms with Crippen LogP contribution in [0.1, 0.15) is 5.82 Å². The second-order valence-electron chi connectivity index (χ2n) is 7.41. The standard InChI is InChI=1S/C20H20FN7O2S2/c1-13-23-6-7-28(13)32(29,30)27-10-8-26(9-11-27)18-17-16(14-2-4-15(21)5-3-14)12-31-19(17)25-20(22)24-18/h2-7,12H,8-11H2,1H3,(H2,22,24,25). The van der Waals surface area contributed by atoms with Crippen molar-refractivity contribution in [3.63, 3.8) is 0 Å². The molecule has 0 amide bonds. The molecular weight excluding hydrogens is 453 g/mol. The van der Waals surface area contributed by atoms with E-state index in [4.69, 9.17) is 5.73 Å². The number of benzene rings is 1. The third-order valence-corrected chi connectivity index (χ3v) is 8.26. The van der Waals surface area contributed by atoms with E-state index in [2.05, 4.69) is 15.0 Å². The number of hydrogen-bond donors (Lipinski definition) is 1. The van der Waals surface area contributed by atoms with Crippen LogP contribution in [0.2, 0.25) is 0 Å². The molecule has 3 aromatic heterocycles. The first-order chi connectivity index (χ1) is 15.3. The number of thiophene rings is 1. The van der Waals surface area contributed by atoms with Crippen molar-refractivity contribution in [2.75, 3.05) is 36.8 Å². The Balaban J connectivity index is 1.48. The summed E-state index contributed by atoms with van der Waals surface area (Å²) in [6.45, 7) is 3.12. The number of nitrogen functional groups attached to an aromatic ring is 1. The van der Waals surface area contributed by atoms with Gasteiger partial charge in [-0.05, 0) is 24.6 Å². The number of aromatic nitrogens is 4. The van der Waals surface area contributed by atoms with Crippen molar-refractivity contribution >= 4 is 43.5 Å². The monoisotopic (exact) mass is 473 g/mol. The summed E-state index contributed by atoms with van der Waals surface area (Å²) in [5.74, 6) is 0.924. The van der Waals surface area contributed by atoms with E-state index in [0.29, 0.717) is 37.8 Å². The average molecular weight is 474 g/mol. The Hall–Kier alpha value is -3.09. The molecule has 0 spiro atoms. The van der Waals surface area contributed by atoms with E-state index in [-0.39, 0.29) is 11.8 Å². The van der Waals surface area contributed by atoms with E-state index in [1.54, 1.807) is 19.1 Å². The van der Waals surface area contributed by atoms with Gasteiger partial charge in [0.15, 0.2) is 0 Å². The molecule has 1 saturated heterocycles. The maximum absolute atomic E-state index is 13.4.